The van der Waals surface area contributed by atoms with Crippen molar-refractivity contribution in [2.24, 2.45) is 11.1 Å². The highest BCUT2D eigenvalue weighted by molar-refractivity contribution is 5.17. The Morgan fingerprint density at radius 3 is 2.39 bits per heavy atom. The smallest absolute Gasteiger partial charge is 0.127 e. The lowest BCUT2D eigenvalue weighted by Crippen LogP contribution is -2.40. The lowest BCUT2D eigenvalue weighted by molar-refractivity contribution is 0.176. The summed E-state index contributed by atoms with van der Waals surface area (Å²) in [6, 6.07) is 7.20. The predicted molar refractivity (Wildman–Crippen MR) is 74.8 cm³/mol. The van der Waals surface area contributed by atoms with Crippen molar-refractivity contribution in [3.63, 3.8) is 0 Å². The summed E-state index contributed by atoms with van der Waals surface area (Å²) in [5.41, 5.74) is 6.80. The first-order chi connectivity index (χ1) is 8.33. The van der Waals surface area contributed by atoms with E-state index in [1.807, 2.05) is 19.2 Å². The van der Waals surface area contributed by atoms with Gasteiger partial charge in [0.1, 0.15) is 5.82 Å². The summed E-state index contributed by atoms with van der Waals surface area (Å²) < 4.78 is 13.6. The number of hydrogen-bond acceptors (Lipinski definition) is 2. The second kappa shape index (κ2) is 6.30. The summed E-state index contributed by atoms with van der Waals surface area (Å²) in [5.74, 6) is -0.143. The maximum Gasteiger partial charge on any atom is 0.127 e. The Balaban J connectivity index is 2.68. The standard InChI is InChI=1S/C15H25FN2/c1-15(2,3)9-13(10-17)18(4)11-12-7-5-6-8-14(12)16/h5-8,13H,9-11,17H2,1-4H3. The van der Waals surface area contributed by atoms with Gasteiger partial charge in [-0.15, -0.1) is 0 Å². The molecule has 0 aliphatic carbocycles. The molecule has 0 saturated carbocycles. The zero-order valence-corrected chi connectivity index (χ0v) is 11.9. The molecule has 0 bridgehead atoms. The van der Waals surface area contributed by atoms with E-state index in [2.05, 4.69) is 25.7 Å². The van der Waals surface area contributed by atoms with E-state index < -0.39 is 0 Å². The molecule has 1 rings (SSSR count). The molecule has 102 valence electrons. The molecule has 0 spiro atoms. The van der Waals surface area contributed by atoms with Crippen LogP contribution in [0.2, 0.25) is 0 Å². The van der Waals surface area contributed by atoms with Crippen LogP contribution in [0.4, 0.5) is 4.39 Å². The molecule has 0 aromatic heterocycles. The molecule has 18 heavy (non-hydrogen) atoms. The van der Waals surface area contributed by atoms with Crippen LogP contribution in [0.25, 0.3) is 0 Å². The fraction of sp³-hybridized carbons (Fsp3) is 0.600. The first-order valence-corrected chi connectivity index (χ1v) is 6.47. The molecule has 1 atom stereocenters. The van der Waals surface area contributed by atoms with Crippen molar-refractivity contribution in [3.05, 3.63) is 35.6 Å². The third-order valence-corrected chi connectivity index (χ3v) is 3.12. The monoisotopic (exact) mass is 252 g/mol. The average Bonchev–Trinajstić information content (AvgIpc) is 2.27. The fourth-order valence-corrected chi connectivity index (χ4v) is 2.15. The lowest BCUT2D eigenvalue weighted by Gasteiger charge is -2.32. The quantitative estimate of drug-likeness (QED) is 0.873. The van der Waals surface area contributed by atoms with Crippen molar-refractivity contribution in [2.75, 3.05) is 13.6 Å². The van der Waals surface area contributed by atoms with Crippen LogP contribution in [0, 0.1) is 11.2 Å². The van der Waals surface area contributed by atoms with Crippen molar-refractivity contribution in [1.82, 2.24) is 4.90 Å². The van der Waals surface area contributed by atoms with Gasteiger partial charge in [-0.05, 0) is 24.9 Å². The van der Waals surface area contributed by atoms with Crippen LogP contribution < -0.4 is 5.73 Å². The van der Waals surface area contributed by atoms with Gasteiger partial charge in [0.25, 0.3) is 0 Å². The molecule has 0 saturated heterocycles. The summed E-state index contributed by atoms with van der Waals surface area (Å²) in [7, 11) is 2.01. The van der Waals surface area contributed by atoms with Gasteiger partial charge in [-0.1, -0.05) is 39.0 Å². The molecule has 0 heterocycles. The third-order valence-electron chi connectivity index (χ3n) is 3.12. The van der Waals surface area contributed by atoms with E-state index in [0.717, 1.165) is 12.0 Å². The Bertz CT molecular complexity index is 371. The highest BCUT2D eigenvalue weighted by Crippen LogP contribution is 2.23. The highest BCUT2D eigenvalue weighted by Gasteiger charge is 2.21. The van der Waals surface area contributed by atoms with Crippen LogP contribution in [0.15, 0.2) is 24.3 Å². The molecular weight excluding hydrogens is 227 g/mol. The minimum absolute atomic E-state index is 0.143. The van der Waals surface area contributed by atoms with Gasteiger partial charge in [0.15, 0.2) is 0 Å². The summed E-state index contributed by atoms with van der Waals surface area (Å²) in [6.07, 6.45) is 1.01. The van der Waals surface area contributed by atoms with E-state index in [1.54, 1.807) is 6.07 Å². The van der Waals surface area contributed by atoms with Crippen molar-refractivity contribution in [1.29, 1.82) is 0 Å². The number of benzene rings is 1. The van der Waals surface area contributed by atoms with Gasteiger partial charge >= 0.3 is 0 Å². The van der Waals surface area contributed by atoms with E-state index in [4.69, 9.17) is 5.73 Å². The molecule has 1 aromatic rings. The molecule has 2 nitrogen and oxygen atoms in total. The van der Waals surface area contributed by atoms with Crippen LogP contribution in [0.3, 0.4) is 0 Å². The Morgan fingerprint density at radius 2 is 1.89 bits per heavy atom. The number of rotatable bonds is 5. The molecule has 0 aliphatic rings. The van der Waals surface area contributed by atoms with Crippen LogP contribution in [0.1, 0.15) is 32.8 Å². The zero-order valence-electron chi connectivity index (χ0n) is 11.9. The highest BCUT2D eigenvalue weighted by atomic mass is 19.1. The molecular formula is C15H25FN2. The van der Waals surface area contributed by atoms with E-state index in [9.17, 15) is 4.39 Å². The molecule has 1 unspecified atom stereocenters. The van der Waals surface area contributed by atoms with E-state index in [0.29, 0.717) is 13.1 Å². The summed E-state index contributed by atoms with van der Waals surface area (Å²) >= 11 is 0. The largest absolute Gasteiger partial charge is 0.329 e. The molecule has 0 radical (unpaired) electrons. The van der Waals surface area contributed by atoms with Gasteiger partial charge in [-0.25, -0.2) is 4.39 Å². The Kier molecular flexibility index (Phi) is 5.29. The van der Waals surface area contributed by atoms with Gasteiger partial charge in [-0.3, -0.25) is 4.90 Å². The predicted octanol–water partition coefficient (Wildman–Crippen LogP) is 3.02. The molecule has 1 aromatic carbocycles. The number of hydrogen-bond donors (Lipinski definition) is 1. The molecule has 0 fully saturated rings. The topological polar surface area (TPSA) is 29.3 Å². The maximum absolute atomic E-state index is 13.6. The lowest BCUT2D eigenvalue weighted by atomic mass is 9.87. The van der Waals surface area contributed by atoms with Crippen LogP contribution in [-0.2, 0) is 6.54 Å². The summed E-state index contributed by atoms with van der Waals surface area (Å²) in [4.78, 5) is 2.14. The molecule has 2 N–H and O–H groups in total. The normalized spacial score (nSPS) is 13.9. The Hall–Kier alpha value is -0.930. The van der Waals surface area contributed by atoms with Crippen molar-refractivity contribution in [2.45, 2.75) is 39.8 Å². The second-order valence-corrected chi connectivity index (χ2v) is 6.16. The summed E-state index contributed by atoms with van der Waals surface area (Å²) in [5, 5.41) is 0. The molecule has 3 heteroatoms. The van der Waals surface area contributed by atoms with Crippen LogP contribution >= 0.6 is 0 Å². The molecule has 0 aliphatic heterocycles. The first kappa shape index (κ1) is 15.1. The number of nitrogens with two attached hydrogens (primary N) is 1. The van der Waals surface area contributed by atoms with Crippen molar-refractivity contribution < 1.29 is 4.39 Å². The minimum Gasteiger partial charge on any atom is -0.329 e. The Labute approximate surface area is 110 Å². The van der Waals surface area contributed by atoms with Gasteiger partial charge in [0.2, 0.25) is 0 Å². The van der Waals surface area contributed by atoms with Crippen LogP contribution in [0.5, 0.6) is 0 Å². The fourth-order valence-electron chi connectivity index (χ4n) is 2.15. The van der Waals surface area contributed by atoms with E-state index in [1.165, 1.54) is 6.07 Å². The second-order valence-electron chi connectivity index (χ2n) is 6.16. The Morgan fingerprint density at radius 1 is 1.28 bits per heavy atom. The number of nitrogens with zero attached hydrogens (tertiary/aromatic N) is 1. The summed E-state index contributed by atoms with van der Waals surface area (Å²) in [6.45, 7) is 7.80. The number of halogens is 1. The third kappa shape index (κ3) is 4.75. The SMILES string of the molecule is CN(Cc1ccccc1F)C(CN)CC(C)(C)C. The van der Waals surface area contributed by atoms with Gasteiger partial charge in [-0.2, -0.15) is 0 Å². The molecule has 0 amide bonds. The van der Waals surface area contributed by atoms with Crippen molar-refractivity contribution >= 4 is 0 Å². The van der Waals surface area contributed by atoms with Gasteiger partial charge in [0.05, 0.1) is 0 Å². The first-order valence-electron chi connectivity index (χ1n) is 6.47. The zero-order chi connectivity index (χ0) is 13.8. The van der Waals surface area contributed by atoms with Gasteiger partial charge in [0, 0.05) is 24.7 Å². The average molecular weight is 252 g/mol. The minimum atomic E-state index is -0.143. The number of likely N-dealkylation sites (N-methyl/N-ethyl adjacent to an activating group) is 1. The van der Waals surface area contributed by atoms with E-state index >= 15 is 0 Å². The van der Waals surface area contributed by atoms with Gasteiger partial charge < -0.3 is 5.73 Å². The van der Waals surface area contributed by atoms with E-state index in [-0.39, 0.29) is 17.3 Å². The van der Waals surface area contributed by atoms with Crippen LogP contribution in [-0.4, -0.2) is 24.5 Å². The maximum atomic E-state index is 13.6. The van der Waals surface area contributed by atoms with Crippen molar-refractivity contribution in [3.8, 4) is 0 Å².